The van der Waals surface area contributed by atoms with E-state index in [1.54, 1.807) is 0 Å². The Hall–Kier alpha value is -0.520. The minimum Gasteiger partial charge on any atom is -0.312 e. The topological polar surface area (TPSA) is 15.3 Å². The molecule has 1 aliphatic rings. The monoisotopic (exact) mass is 194 g/mol. The van der Waals surface area contributed by atoms with Gasteiger partial charge < -0.3 is 5.32 Å². The van der Waals surface area contributed by atoms with Gasteiger partial charge in [0, 0.05) is 32.1 Å². The second kappa shape index (κ2) is 6.06. The first kappa shape index (κ1) is 11.6. The molecule has 1 atom stereocenters. The van der Waals surface area contributed by atoms with Crippen molar-refractivity contribution in [2.45, 2.75) is 33.2 Å². The predicted octanol–water partition coefficient (Wildman–Crippen LogP) is 1.33. The van der Waals surface area contributed by atoms with Crippen LogP contribution in [-0.2, 0) is 0 Å². The van der Waals surface area contributed by atoms with Gasteiger partial charge in [-0.1, -0.05) is 19.8 Å². The van der Waals surface area contributed by atoms with E-state index in [0.29, 0.717) is 12.0 Å². The lowest BCUT2D eigenvalue weighted by atomic mass is 10.1. The van der Waals surface area contributed by atoms with Crippen molar-refractivity contribution in [2.24, 2.45) is 5.92 Å². The van der Waals surface area contributed by atoms with E-state index in [0.717, 1.165) is 32.6 Å². The van der Waals surface area contributed by atoms with Gasteiger partial charge in [-0.05, 0) is 12.8 Å². The lowest BCUT2D eigenvalue weighted by molar-refractivity contribution is 0.229. The molecule has 2 heteroatoms. The van der Waals surface area contributed by atoms with Gasteiger partial charge in [-0.25, -0.2) is 0 Å². The van der Waals surface area contributed by atoms with Crippen molar-refractivity contribution in [3.8, 4) is 11.8 Å². The van der Waals surface area contributed by atoms with Crippen LogP contribution in [-0.4, -0.2) is 37.1 Å². The van der Waals surface area contributed by atoms with E-state index in [4.69, 9.17) is 0 Å². The fourth-order valence-electron chi connectivity index (χ4n) is 1.60. The maximum atomic E-state index is 3.43. The Kier molecular flexibility index (Phi) is 5.00. The maximum Gasteiger partial charge on any atom is 0.0602 e. The summed E-state index contributed by atoms with van der Waals surface area (Å²) in [4.78, 5) is 2.43. The molecule has 1 saturated heterocycles. The molecule has 0 radical (unpaired) electrons. The molecule has 0 spiro atoms. The van der Waals surface area contributed by atoms with E-state index in [1.807, 2.05) is 0 Å². The molecule has 1 heterocycles. The Morgan fingerprint density at radius 2 is 2.21 bits per heavy atom. The standard InChI is InChI=1S/C12H22N2/c1-11(2)6-4-5-8-14-9-7-13-12(3)10-14/h11-13H,6-10H2,1-3H3. The van der Waals surface area contributed by atoms with E-state index in [-0.39, 0.29) is 0 Å². The lowest BCUT2D eigenvalue weighted by Gasteiger charge is -2.30. The summed E-state index contributed by atoms with van der Waals surface area (Å²) in [6.45, 7) is 11.0. The number of piperazine rings is 1. The van der Waals surface area contributed by atoms with Gasteiger partial charge >= 0.3 is 0 Å². The van der Waals surface area contributed by atoms with Gasteiger partial charge in [-0.2, -0.15) is 0 Å². The molecule has 14 heavy (non-hydrogen) atoms. The van der Waals surface area contributed by atoms with Crippen LogP contribution in [0.3, 0.4) is 0 Å². The van der Waals surface area contributed by atoms with E-state index >= 15 is 0 Å². The highest BCUT2D eigenvalue weighted by atomic mass is 15.2. The third-order valence-electron chi connectivity index (χ3n) is 2.39. The normalized spacial score (nSPS) is 23.3. The number of nitrogens with zero attached hydrogens (tertiary/aromatic N) is 1. The van der Waals surface area contributed by atoms with Gasteiger partial charge in [0.05, 0.1) is 6.54 Å². The quantitative estimate of drug-likeness (QED) is 0.667. The first-order chi connectivity index (χ1) is 6.68. The SMILES string of the molecule is CC(C)CC#CCN1CCNC(C)C1. The minimum absolute atomic E-state index is 0.621. The molecule has 1 rings (SSSR count). The zero-order chi connectivity index (χ0) is 10.4. The number of nitrogens with one attached hydrogen (secondary N) is 1. The Morgan fingerprint density at radius 1 is 1.43 bits per heavy atom. The van der Waals surface area contributed by atoms with Crippen LogP contribution in [0, 0.1) is 17.8 Å². The second-order valence-electron chi connectivity index (χ2n) is 4.54. The summed E-state index contributed by atoms with van der Waals surface area (Å²) in [6.07, 6.45) is 1.03. The largest absolute Gasteiger partial charge is 0.312 e. The second-order valence-corrected chi connectivity index (χ2v) is 4.54. The third-order valence-corrected chi connectivity index (χ3v) is 2.39. The molecule has 1 unspecified atom stereocenters. The maximum absolute atomic E-state index is 3.43. The van der Waals surface area contributed by atoms with Crippen LogP contribution in [0.15, 0.2) is 0 Å². The average molecular weight is 194 g/mol. The van der Waals surface area contributed by atoms with Crippen LogP contribution in [0.2, 0.25) is 0 Å². The van der Waals surface area contributed by atoms with Crippen molar-refractivity contribution in [3.05, 3.63) is 0 Å². The molecule has 0 aromatic heterocycles. The molecule has 2 nitrogen and oxygen atoms in total. The van der Waals surface area contributed by atoms with Crippen LogP contribution in [0.25, 0.3) is 0 Å². The van der Waals surface area contributed by atoms with Crippen LogP contribution in [0.5, 0.6) is 0 Å². The smallest absolute Gasteiger partial charge is 0.0602 e. The molecule has 0 aromatic rings. The minimum atomic E-state index is 0.621. The zero-order valence-corrected chi connectivity index (χ0v) is 9.64. The molecule has 0 aliphatic carbocycles. The first-order valence-corrected chi connectivity index (χ1v) is 5.60. The molecule has 0 amide bonds. The highest BCUT2D eigenvalue weighted by Gasteiger charge is 2.13. The van der Waals surface area contributed by atoms with E-state index < -0.39 is 0 Å². The zero-order valence-electron chi connectivity index (χ0n) is 9.64. The predicted molar refractivity (Wildman–Crippen MR) is 61.1 cm³/mol. The Balaban J connectivity index is 2.19. The molecule has 1 aliphatic heterocycles. The van der Waals surface area contributed by atoms with E-state index in [2.05, 4.69) is 42.8 Å². The van der Waals surface area contributed by atoms with Gasteiger partial charge in [0.15, 0.2) is 0 Å². The summed E-state index contributed by atoms with van der Waals surface area (Å²) in [5.41, 5.74) is 0. The molecule has 0 aromatic carbocycles. The summed E-state index contributed by atoms with van der Waals surface area (Å²) in [5, 5.41) is 3.43. The Labute approximate surface area is 88.1 Å². The van der Waals surface area contributed by atoms with Crippen molar-refractivity contribution in [3.63, 3.8) is 0 Å². The van der Waals surface area contributed by atoms with Gasteiger partial charge in [-0.3, -0.25) is 4.90 Å². The molecule has 0 bridgehead atoms. The average Bonchev–Trinajstić information content (AvgIpc) is 2.12. The lowest BCUT2D eigenvalue weighted by Crippen LogP contribution is -2.49. The molecule has 1 fully saturated rings. The summed E-state index contributed by atoms with van der Waals surface area (Å²) in [7, 11) is 0. The van der Waals surface area contributed by atoms with Crippen LogP contribution < -0.4 is 5.32 Å². The fraction of sp³-hybridized carbons (Fsp3) is 0.833. The van der Waals surface area contributed by atoms with E-state index in [1.165, 1.54) is 0 Å². The van der Waals surface area contributed by atoms with Crippen molar-refractivity contribution < 1.29 is 0 Å². The van der Waals surface area contributed by atoms with Crippen molar-refractivity contribution >= 4 is 0 Å². The Morgan fingerprint density at radius 3 is 2.86 bits per heavy atom. The van der Waals surface area contributed by atoms with Crippen molar-refractivity contribution in [1.82, 2.24) is 10.2 Å². The molecule has 0 saturated carbocycles. The van der Waals surface area contributed by atoms with Gasteiger partial charge in [-0.15, -0.1) is 5.92 Å². The molecule has 80 valence electrons. The van der Waals surface area contributed by atoms with Gasteiger partial charge in [0.25, 0.3) is 0 Å². The highest BCUT2D eigenvalue weighted by Crippen LogP contribution is 1.98. The number of hydrogen-bond acceptors (Lipinski definition) is 2. The molecular weight excluding hydrogens is 172 g/mol. The molecule has 1 N–H and O–H groups in total. The summed E-state index contributed by atoms with van der Waals surface area (Å²) < 4.78 is 0. The highest BCUT2D eigenvalue weighted by molar-refractivity contribution is 5.02. The number of rotatable bonds is 2. The fourth-order valence-corrected chi connectivity index (χ4v) is 1.60. The van der Waals surface area contributed by atoms with Gasteiger partial charge in [0.1, 0.15) is 0 Å². The van der Waals surface area contributed by atoms with E-state index in [9.17, 15) is 0 Å². The summed E-state index contributed by atoms with van der Waals surface area (Å²) >= 11 is 0. The van der Waals surface area contributed by atoms with Crippen LogP contribution >= 0.6 is 0 Å². The van der Waals surface area contributed by atoms with Crippen molar-refractivity contribution in [2.75, 3.05) is 26.2 Å². The van der Waals surface area contributed by atoms with Crippen LogP contribution in [0.1, 0.15) is 27.2 Å². The Bertz CT molecular complexity index is 212. The molecular formula is C12H22N2. The number of hydrogen-bond donors (Lipinski definition) is 1. The third kappa shape index (κ3) is 4.64. The van der Waals surface area contributed by atoms with Gasteiger partial charge in [0.2, 0.25) is 0 Å². The van der Waals surface area contributed by atoms with Crippen molar-refractivity contribution in [1.29, 1.82) is 0 Å². The summed E-state index contributed by atoms with van der Waals surface area (Å²) in [6, 6.07) is 0.621. The van der Waals surface area contributed by atoms with Crippen LogP contribution in [0.4, 0.5) is 0 Å². The first-order valence-electron chi connectivity index (χ1n) is 5.60. The summed E-state index contributed by atoms with van der Waals surface area (Å²) in [5.74, 6) is 7.19.